The van der Waals surface area contributed by atoms with Crippen LogP contribution in [0.15, 0.2) is 94.5 Å². The molecule has 0 spiro atoms. The van der Waals surface area contributed by atoms with Crippen molar-refractivity contribution in [1.82, 2.24) is 14.3 Å². The number of aryl methyl sites for hydroxylation is 1. The zero-order chi connectivity index (χ0) is 25.1. The van der Waals surface area contributed by atoms with E-state index in [1.165, 1.54) is 0 Å². The number of carbonyl (C=O) groups is 1. The van der Waals surface area contributed by atoms with Crippen molar-refractivity contribution >= 4 is 38.3 Å². The lowest BCUT2D eigenvalue weighted by Crippen LogP contribution is -2.30. The Balaban J connectivity index is 1.40. The fourth-order valence-electron chi connectivity index (χ4n) is 4.22. The van der Waals surface area contributed by atoms with Crippen molar-refractivity contribution < 1.29 is 13.2 Å². The third kappa shape index (κ3) is 4.82. The molecule has 2 aromatic heterocycles. The summed E-state index contributed by atoms with van der Waals surface area (Å²) in [6.45, 7) is 2.82. The lowest BCUT2D eigenvalue weighted by molar-refractivity contribution is 0.0981. The van der Waals surface area contributed by atoms with E-state index in [1.54, 1.807) is 41.8 Å². The third-order valence-corrected chi connectivity index (χ3v) is 8.76. The van der Waals surface area contributed by atoms with Gasteiger partial charge in [-0.15, -0.1) is 11.3 Å². The fraction of sp³-hybridized carbons (Fsp3) is 0.143. The van der Waals surface area contributed by atoms with Gasteiger partial charge < -0.3 is 4.57 Å². The average Bonchev–Trinajstić information content (AvgIpc) is 3.51. The van der Waals surface area contributed by atoms with Gasteiger partial charge in [-0.2, -0.15) is 0 Å². The maximum Gasteiger partial charge on any atom is 0.274 e. The van der Waals surface area contributed by atoms with Crippen LogP contribution < -0.4 is 4.72 Å². The third-order valence-electron chi connectivity index (χ3n) is 5.95. The largest absolute Gasteiger partial charge is 0.323 e. The minimum Gasteiger partial charge on any atom is -0.323 e. The second kappa shape index (κ2) is 10.1. The number of para-hydroxylation sites is 2. The summed E-state index contributed by atoms with van der Waals surface area (Å²) in [6, 6.07) is 26.1. The number of benzene rings is 3. The zero-order valence-corrected chi connectivity index (χ0v) is 21.4. The predicted octanol–water partition coefficient (Wildman–Crippen LogP) is 5.88. The number of aromatic nitrogens is 2. The number of nitrogens with zero attached hydrogens (tertiary/aromatic N) is 2. The Bertz CT molecular complexity index is 1620. The van der Waals surface area contributed by atoms with E-state index in [2.05, 4.69) is 22.3 Å². The molecule has 0 aliphatic heterocycles. The molecule has 0 saturated heterocycles. The maximum atomic E-state index is 13.0. The standard InChI is InChI=1S/C28H25N3O3S2/c1-2-8-26-29-24-11-6-7-12-25(24)31(26)19-20-13-15-21(16-14-20)23-17-18-35-28(23)36(33,34)30-27(32)22-9-4-3-5-10-22/h3-7,9-18H,2,8,19H2,1H3,(H,30,32). The van der Waals surface area contributed by atoms with E-state index < -0.39 is 15.9 Å². The lowest BCUT2D eigenvalue weighted by atomic mass is 10.1. The molecule has 8 heteroatoms. The van der Waals surface area contributed by atoms with Crippen LogP contribution in [0.2, 0.25) is 0 Å². The van der Waals surface area contributed by atoms with Gasteiger partial charge in [0.05, 0.1) is 11.0 Å². The number of imidazole rings is 1. The maximum absolute atomic E-state index is 13.0. The van der Waals surface area contributed by atoms with Crippen LogP contribution in [0.5, 0.6) is 0 Å². The first-order valence-electron chi connectivity index (χ1n) is 11.7. The molecule has 1 amide bonds. The highest BCUT2D eigenvalue weighted by molar-refractivity contribution is 7.92. The molecular formula is C28H25N3O3S2. The molecule has 0 aliphatic carbocycles. The minimum atomic E-state index is -4.02. The number of fused-ring (bicyclic) bond motifs is 1. The van der Waals surface area contributed by atoms with Crippen LogP contribution in [0.4, 0.5) is 0 Å². The second-order valence-electron chi connectivity index (χ2n) is 8.47. The molecule has 2 heterocycles. The summed E-state index contributed by atoms with van der Waals surface area (Å²) < 4.78 is 30.6. The SMILES string of the molecule is CCCc1nc2ccccc2n1Cc1ccc(-c2ccsc2S(=O)(=O)NC(=O)c2ccccc2)cc1. The summed E-state index contributed by atoms with van der Waals surface area (Å²) in [4.78, 5) is 17.3. The summed E-state index contributed by atoms with van der Waals surface area (Å²) in [5, 5.41) is 1.72. The van der Waals surface area contributed by atoms with E-state index >= 15 is 0 Å². The van der Waals surface area contributed by atoms with Crippen LogP contribution in [0.3, 0.4) is 0 Å². The normalized spacial score (nSPS) is 11.6. The van der Waals surface area contributed by atoms with E-state index in [0.29, 0.717) is 12.1 Å². The Morgan fingerprint density at radius 1 is 0.944 bits per heavy atom. The monoisotopic (exact) mass is 515 g/mol. The molecule has 0 radical (unpaired) electrons. The molecule has 0 aliphatic rings. The van der Waals surface area contributed by atoms with Gasteiger partial charge >= 0.3 is 0 Å². The van der Waals surface area contributed by atoms with Gasteiger partial charge in [-0.05, 0) is 53.3 Å². The topological polar surface area (TPSA) is 81.1 Å². The number of sulfonamides is 1. The minimum absolute atomic E-state index is 0.116. The van der Waals surface area contributed by atoms with E-state index in [0.717, 1.165) is 52.2 Å². The van der Waals surface area contributed by atoms with Crippen molar-refractivity contribution in [3.63, 3.8) is 0 Å². The molecule has 0 atom stereocenters. The first kappa shape index (κ1) is 24.0. The van der Waals surface area contributed by atoms with Crippen LogP contribution in [0, 0.1) is 0 Å². The fourth-order valence-corrected chi connectivity index (χ4v) is 6.59. The van der Waals surface area contributed by atoms with E-state index in [1.807, 2.05) is 42.5 Å². The molecule has 3 aromatic carbocycles. The number of carbonyl (C=O) groups excluding carboxylic acids is 1. The van der Waals surface area contributed by atoms with Crippen LogP contribution in [-0.2, 0) is 23.0 Å². The highest BCUT2D eigenvalue weighted by Gasteiger charge is 2.24. The number of amides is 1. The van der Waals surface area contributed by atoms with Crippen LogP contribution in [0.1, 0.15) is 35.1 Å². The van der Waals surface area contributed by atoms with Crippen molar-refractivity contribution in [2.45, 2.75) is 30.5 Å². The van der Waals surface area contributed by atoms with Crippen molar-refractivity contribution in [3.05, 3.63) is 107 Å². The predicted molar refractivity (Wildman–Crippen MR) is 144 cm³/mol. The van der Waals surface area contributed by atoms with Crippen LogP contribution >= 0.6 is 11.3 Å². The highest BCUT2D eigenvalue weighted by atomic mass is 32.2. The average molecular weight is 516 g/mol. The smallest absolute Gasteiger partial charge is 0.274 e. The molecule has 0 unspecified atom stereocenters. The van der Waals surface area contributed by atoms with Crippen molar-refractivity contribution in [2.24, 2.45) is 0 Å². The molecule has 0 saturated carbocycles. The zero-order valence-electron chi connectivity index (χ0n) is 19.7. The Labute approximate surface area is 214 Å². The van der Waals surface area contributed by atoms with Gasteiger partial charge in [0.15, 0.2) is 0 Å². The summed E-state index contributed by atoms with van der Waals surface area (Å²) in [5.74, 6) is 0.406. The number of thiophene rings is 1. The summed E-state index contributed by atoms with van der Waals surface area (Å²) >= 11 is 1.09. The van der Waals surface area contributed by atoms with Gasteiger partial charge in [0.1, 0.15) is 10.0 Å². The Morgan fingerprint density at radius 3 is 2.42 bits per heavy atom. The Hall–Kier alpha value is -3.75. The molecule has 5 aromatic rings. The van der Waals surface area contributed by atoms with Crippen LogP contribution in [-0.4, -0.2) is 23.9 Å². The highest BCUT2D eigenvalue weighted by Crippen LogP contribution is 2.32. The van der Waals surface area contributed by atoms with Gasteiger partial charge in [-0.25, -0.2) is 18.1 Å². The Morgan fingerprint density at radius 2 is 1.67 bits per heavy atom. The van der Waals surface area contributed by atoms with Gasteiger partial charge in [0.25, 0.3) is 15.9 Å². The first-order chi connectivity index (χ1) is 17.5. The molecule has 1 N–H and O–H groups in total. The summed E-state index contributed by atoms with van der Waals surface area (Å²) in [7, 11) is -4.02. The molecule has 182 valence electrons. The molecule has 0 bridgehead atoms. The Kier molecular flexibility index (Phi) is 6.71. The second-order valence-corrected chi connectivity index (χ2v) is 11.3. The number of hydrogen-bond acceptors (Lipinski definition) is 5. The first-order valence-corrected chi connectivity index (χ1v) is 14.1. The lowest BCUT2D eigenvalue weighted by Gasteiger charge is -2.11. The number of hydrogen-bond donors (Lipinski definition) is 1. The van der Waals surface area contributed by atoms with Crippen LogP contribution in [0.25, 0.3) is 22.2 Å². The van der Waals surface area contributed by atoms with Crippen molar-refractivity contribution in [1.29, 1.82) is 0 Å². The van der Waals surface area contributed by atoms with Crippen molar-refractivity contribution in [3.8, 4) is 11.1 Å². The molecule has 36 heavy (non-hydrogen) atoms. The summed E-state index contributed by atoms with van der Waals surface area (Å²) in [6.07, 6.45) is 1.91. The van der Waals surface area contributed by atoms with E-state index in [4.69, 9.17) is 4.98 Å². The molecular weight excluding hydrogens is 490 g/mol. The quantitative estimate of drug-likeness (QED) is 0.280. The van der Waals surface area contributed by atoms with Gasteiger partial charge in [-0.1, -0.05) is 61.5 Å². The van der Waals surface area contributed by atoms with Gasteiger partial charge in [0, 0.05) is 24.1 Å². The molecule has 6 nitrogen and oxygen atoms in total. The van der Waals surface area contributed by atoms with E-state index in [-0.39, 0.29) is 9.77 Å². The van der Waals surface area contributed by atoms with Crippen molar-refractivity contribution in [2.75, 3.05) is 0 Å². The molecule has 0 fully saturated rings. The summed E-state index contributed by atoms with van der Waals surface area (Å²) in [5.41, 5.74) is 4.82. The van der Waals surface area contributed by atoms with Gasteiger partial charge in [-0.3, -0.25) is 4.79 Å². The number of rotatable bonds is 8. The molecule has 5 rings (SSSR count). The number of nitrogens with one attached hydrogen (secondary N) is 1. The van der Waals surface area contributed by atoms with Gasteiger partial charge in [0.2, 0.25) is 0 Å². The van der Waals surface area contributed by atoms with E-state index in [9.17, 15) is 13.2 Å².